The number of nitrogens with zero attached hydrogens (tertiary/aromatic N) is 2. The van der Waals surface area contributed by atoms with Crippen LogP contribution < -0.4 is 10.2 Å². The van der Waals surface area contributed by atoms with Crippen LogP contribution in [0, 0.1) is 0 Å². The van der Waals surface area contributed by atoms with Gasteiger partial charge in [0.05, 0.1) is 5.69 Å². The van der Waals surface area contributed by atoms with Gasteiger partial charge in [0.25, 0.3) is 5.91 Å². The van der Waals surface area contributed by atoms with Crippen molar-refractivity contribution >= 4 is 45.8 Å². The van der Waals surface area contributed by atoms with E-state index in [4.69, 9.17) is 11.6 Å². The predicted molar refractivity (Wildman–Crippen MR) is 159 cm³/mol. The highest BCUT2D eigenvalue weighted by molar-refractivity contribution is 6.31. The first-order valence-electron chi connectivity index (χ1n) is 13.6. The smallest absolute Gasteiger partial charge is 0.259 e. The summed E-state index contributed by atoms with van der Waals surface area (Å²) in [6.07, 6.45) is 1.08. The quantitative estimate of drug-likeness (QED) is 0.261. The monoisotopic (exact) mass is 553 g/mol. The predicted octanol–water partition coefficient (Wildman–Crippen LogP) is 6.01. The number of hydrogen-bond donors (Lipinski definition) is 1. The van der Waals surface area contributed by atoms with Gasteiger partial charge in [-0.2, -0.15) is 0 Å². The molecular weight excluding hydrogens is 522 g/mol. The Morgan fingerprint density at radius 2 is 1.62 bits per heavy atom. The van der Waals surface area contributed by atoms with Gasteiger partial charge in [-0.15, -0.1) is 0 Å². The van der Waals surface area contributed by atoms with Crippen LogP contribution >= 0.6 is 11.6 Å². The van der Waals surface area contributed by atoms with Crippen LogP contribution in [0.5, 0.6) is 0 Å². The highest BCUT2D eigenvalue weighted by Crippen LogP contribution is 2.37. The fourth-order valence-electron chi connectivity index (χ4n) is 5.17. The molecule has 1 N–H and O–H groups in total. The van der Waals surface area contributed by atoms with Crippen molar-refractivity contribution in [3.63, 3.8) is 0 Å². The fourth-order valence-corrected chi connectivity index (χ4v) is 5.36. The lowest BCUT2D eigenvalue weighted by Gasteiger charge is -2.33. The van der Waals surface area contributed by atoms with E-state index in [1.807, 2.05) is 92.7 Å². The van der Waals surface area contributed by atoms with Crippen LogP contribution in [0.3, 0.4) is 0 Å². The average molecular weight is 554 g/mol. The maximum Gasteiger partial charge on any atom is 0.259 e. The second-order valence-corrected chi connectivity index (χ2v) is 10.6. The molecule has 0 aliphatic carbocycles. The molecule has 3 amide bonds. The van der Waals surface area contributed by atoms with Crippen LogP contribution in [0.4, 0.5) is 5.69 Å². The first-order valence-corrected chi connectivity index (χ1v) is 14.0. The van der Waals surface area contributed by atoms with Gasteiger partial charge in [-0.05, 0) is 48.1 Å². The lowest BCUT2D eigenvalue weighted by Crippen LogP contribution is -2.54. The van der Waals surface area contributed by atoms with E-state index in [1.165, 1.54) is 4.90 Å². The summed E-state index contributed by atoms with van der Waals surface area (Å²) in [6, 6.07) is 27.4. The minimum Gasteiger partial charge on any atom is -0.352 e. The van der Waals surface area contributed by atoms with E-state index in [1.54, 1.807) is 17.0 Å². The number of nitrogens with one attached hydrogen (secondary N) is 1. The van der Waals surface area contributed by atoms with Crippen molar-refractivity contribution in [3.8, 4) is 0 Å². The summed E-state index contributed by atoms with van der Waals surface area (Å²) in [4.78, 5) is 44.6. The summed E-state index contributed by atoms with van der Waals surface area (Å²) in [5, 5.41) is 5.37. The largest absolute Gasteiger partial charge is 0.352 e. The zero-order valence-electron chi connectivity index (χ0n) is 22.6. The zero-order valence-corrected chi connectivity index (χ0v) is 23.4. The summed E-state index contributed by atoms with van der Waals surface area (Å²) in [6.45, 7) is 3.88. The van der Waals surface area contributed by atoms with Crippen LogP contribution in [-0.4, -0.2) is 41.2 Å². The van der Waals surface area contributed by atoms with Gasteiger partial charge < -0.3 is 10.2 Å². The number of rotatable bonds is 10. The molecule has 0 unspecified atom stereocenters. The first kappa shape index (κ1) is 27.4. The van der Waals surface area contributed by atoms with Gasteiger partial charge in [0, 0.05) is 35.0 Å². The molecule has 1 aliphatic heterocycles. The highest BCUT2D eigenvalue weighted by atomic mass is 35.5. The molecule has 0 saturated carbocycles. The third-order valence-corrected chi connectivity index (χ3v) is 7.88. The van der Waals surface area contributed by atoms with Crippen molar-refractivity contribution in [2.75, 3.05) is 11.4 Å². The molecule has 1 aliphatic rings. The lowest BCUT2D eigenvalue weighted by atomic mass is 10.0. The standard InChI is InChI=1S/C33H32ClN3O3/c1-3-22(2)35-32(39)29(19-23-11-5-4-6-12-23)36(20-25-13-7-8-17-27(25)34)30(38)21-37-28-18-10-15-24-14-9-16-26(31(24)28)33(37)40/h4-18,22,29H,3,19-21H2,1-2H3,(H,35,39)/t22-,29-/m0/s1. The third-order valence-electron chi connectivity index (χ3n) is 7.51. The summed E-state index contributed by atoms with van der Waals surface area (Å²) in [5.41, 5.74) is 2.94. The topological polar surface area (TPSA) is 69.7 Å². The molecule has 204 valence electrons. The van der Waals surface area contributed by atoms with Gasteiger partial charge in [0.1, 0.15) is 12.6 Å². The van der Waals surface area contributed by atoms with E-state index in [9.17, 15) is 14.4 Å². The Balaban J connectivity index is 1.52. The molecule has 2 atom stereocenters. The number of carbonyl (C=O) groups excluding carboxylic acids is 3. The molecule has 40 heavy (non-hydrogen) atoms. The SMILES string of the molecule is CC[C@H](C)NC(=O)[C@H](Cc1ccccc1)N(Cc1ccccc1Cl)C(=O)CN1C(=O)c2cccc3cccc1c23. The number of halogens is 1. The maximum atomic E-state index is 14.2. The summed E-state index contributed by atoms with van der Waals surface area (Å²) in [7, 11) is 0. The second-order valence-electron chi connectivity index (χ2n) is 10.2. The van der Waals surface area contributed by atoms with E-state index in [2.05, 4.69) is 5.32 Å². The number of anilines is 1. The molecule has 0 fully saturated rings. The van der Waals surface area contributed by atoms with Crippen molar-refractivity contribution in [2.24, 2.45) is 0 Å². The van der Waals surface area contributed by atoms with Crippen LogP contribution in [0.15, 0.2) is 91.0 Å². The first-order chi connectivity index (χ1) is 19.4. The Hall–Kier alpha value is -4.16. The van der Waals surface area contributed by atoms with Crippen molar-refractivity contribution in [3.05, 3.63) is 113 Å². The Morgan fingerprint density at radius 1 is 0.925 bits per heavy atom. The molecule has 5 rings (SSSR count). The molecule has 0 bridgehead atoms. The van der Waals surface area contributed by atoms with Crippen LogP contribution in [0.25, 0.3) is 10.8 Å². The number of amides is 3. The van der Waals surface area contributed by atoms with Gasteiger partial charge >= 0.3 is 0 Å². The maximum absolute atomic E-state index is 14.2. The van der Waals surface area contributed by atoms with Gasteiger partial charge in [0.2, 0.25) is 11.8 Å². The number of carbonyl (C=O) groups is 3. The van der Waals surface area contributed by atoms with E-state index in [-0.39, 0.29) is 36.9 Å². The van der Waals surface area contributed by atoms with Crippen molar-refractivity contribution in [1.29, 1.82) is 0 Å². The minimum atomic E-state index is -0.809. The Morgan fingerprint density at radius 3 is 2.35 bits per heavy atom. The molecule has 0 aromatic heterocycles. The van der Waals surface area contributed by atoms with E-state index in [0.29, 0.717) is 22.7 Å². The fraction of sp³-hybridized carbons (Fsp3) is 0.242. The van der Waals surface area contributed by atoms with Gasteiger partial charge in [0.15, 0.2) is 0 Å². The molecule has 0 radical (unpaired) electrons. The molecule has 6 nitrogen and oxygen atoms in total. The van der Waals surface area contributed by atoms with Crippen molar-refractivity contribution < 1.29 is 14.4 Å². The third kappa shape index (κ3) is 5.58. The van der Waals surface area contributed by atoms with Crippen LogP contribution in [0.1, 0.15) is 41.8 Å². The molecule has 0 spiro atoms. The van der Waals surface area contributed by atoms with Gasteiger partial charge in [-0.3, -0.25) is 19.3 Å². The summed E-state index contributed by atoms with van der Waals surface area (Å²) >= 11 is 6.53. The zero-order chi connectivity index (χ0) is 28.2. The van der Waals surface area contributed by atoms with Crippen LogP contribution in [0.2, 0.25) is 5.02 Å². The molecule has 0 saturated heterocycles. The molecule has 7 heteroatoms. The van der Waals surface area contributed by atoms with Crippen molar-refractivity contribution in [2.45, 2.75) is 45.3 Å². The molecule has 4 aromatic carbocycles. The van der Waals surface area contributed by atoms with Crippen LogP contribution in [-0.2, 0) is 22.6 Å². The molecule has 1 heterocycles. The summed E-state index contributed by atoms with van der Waals surface area (Å²) < 4.78 is 0. The van der Waals surface area contributed by atoms with E-state index < -0.39 is 6.04 Å². The van der Waals surface area contributed by atoms with Gasteiger partial charge in [-0.1, -0.05) is 91.3 Å². The minimum absolute atomic E-state index is 0.0599. The molecular formula is C33H32ClN3O3. The highest BCUT2D eigenvalue weighted by Gasteiger charge is 2.36. The Labute approximate surface area is 239 Å². The summed E-state index contributed by atoms with van der Waals surface area (Å²) in [5.74, 6) is -0.795. The second kappa shape index (κ2) is 11.9. The molecule has 4 aromatic rings. The Kier molecular flexibility index (Phi) is 8.17. The van der Waals surface area contributed by atoms with E-state index in [0.717, 1.165) is 28.3 Å². The lowest BCUT2D eigenvalue weighted by molar-refractivity contribution is -0.140. The van der Waals surface area contributed by atoms with Gasteiger partial charge in [-0.25, -0.2) is 0 Å². The Bertz CT molecular complexity index is 1550. The van der Waals surface area contributed by atoms with Crippen molar-refractivity contribution in [1.82, 2.24) is 10.2 Å². The number of benzene rings is 4. The van der Waals surface area contributed by atoms with E-state index >= 15 is 0 Å². The number of hydrogen-bond acceptors (Lipinski definition) is 3. The average Bonchev–Trinajstić information content (AvgIpc) is 3.24. The normalized spacial score (nSPS) is 13.8.